The molecule has 6 heteroatoms. The minimum Gasteiger partial charge on any atom is -0.333 e. The van der Waals surface area contributed by atoms with E-state index in [9.17, 15) is 4.79 Å². The second-order valence-electron chi connectivity index (χ2n) is 6.07. The van der Waals surface area contributed by atoms with Gasteiger partial charge in [-0.1, -0.05) is 55.5 Å². The standard InChI is InChI=1S/C18H20N4OS/c1-12(2)11-14(23)20-18-21-15(13-7-5-4-6-8-13)16(24-18)17-19-9-10-22(17)3/h4-10,12H,11H2,1-3H3,(H,20,21,23). The summed E-state index contributed by atoms with van der Waals surface area (Å²) in [6.45, 7) is 4.05. The third kappa shape index (κ3) is 3.54. The zero-order valence-corrected chi connectivity index (χ0v) is 14.8. The molecule has 0 radical (unpaired) electrons. The molecule has 3 aromatic rings. The van der Waals surface area contributed by atoms with E-state index >= 15 is 0 Å². The van der Waals surface area contributed by atoms with Gasteiger partial charge < -0.3 is 9.88 Å². The van der Waals surface area contributed by atoms with Gasteiger partial charge in [-0.05, 0) is 5.92 Å². The minimum atomic E-state index is -0.00949. The molecule has 0 aliphatic carbocycles. The van der Waals surface area contributed by atoms with Crippen molar-refractivity contribution in [1.82, 2.24) is 14.5 Å². The number of carbonyl (C=O) groups is 1. The fraction of sp³-hybridized carbons (Fsp3) is 0.278. The molecule has 5 nitrogen and oxygen atoms in total. The normalized spacial score (nSPS) is 11.0. The van der Waals surface area contributed by atoms with Gasteiger partial charge >= 0.3 is 0 Å². The Bertz CT molecular complexity index is 836. The SMILES string of the molecule is CC(C)CC(=O)Nc1nc(-c2ccccc2)c(-c2nccn2C)s1. The van der Waals surface area contributed by atoms with E-state index < -0.39 is 0 Å². The molecule has 0 aliphatic heterocycles. The highest BCUT2D eigenvalue weighted by Crippen LogP contribution is 2.38. The maximum absolute atomic E-state index is 12.1. The van der Waals surface area contributed by atoms with Gasteiger partial charge in [0.05, 0.1) is 10.6 Å². The molecule has 0 aliphatic rings. The largest absolute Gasteiger partial charge is 0.333 e. The van der Waals surface area contributed by atoms with Crippen LogP contribution in [0.3, 0.4) is 0 Å². The van der Waals surface area contributed by atoms with E-state index in [1.54, 1.807) is 6.20 Å². The lowest BCUT2D eigenvalue weighted by molar-refractivity contribution is -0.116. The van der Waals surface area contributed by atoms with Gasteiger partial charge in [-0.2, -0.15) is 0 Å². The lowest BCUT2D eigenvalue weighted by Gasteiger charge is -2.03. The lowest BCUT2D eigenvalue weighted by Crippen LogP contribution is -2.13. The van der Waals surface area contributed by atoms with Crippen molar-refractivity contribution in [3.8, 4) is 22.0 Å². The number of hydrogen-bond acceptors (Lipinski definition) is 4. The van der Waals surface area contributed by atoms with Crippen LogP contribution in [0.2, 0.25) is 0 Å². The molecule has 0 saturated carbocycles. The molecule has 3 rings (SSSR count). The molecule has 0 spiro atoms. The van der Waals surface area contributed by atoms with Crippen molar-refractivity contribution in [1.29, 1.82) is 0 Å². The van der Waals surface area contributed by atoms with Crippen molar-refractivity contribution < 1.29 is 4.79 Å². The van der Waals surface area contributed by atoms with E-state index in [1.807, 2.05) is 62.0 Å². The first kappa shape index (κ1) is 16.4. The third-order valence-electron chi connectivity index (χ3n) is 3.54. The molecule has 0 atom stereocenters. The van der Waals surface area contributed by atoms with Crippen LogP contribution in [-0.4, -0.2) is 20.4 Å². The van der Waals surface area contributed by atoms with E-state index in [0.29, 0.717) is 17.5 Å². The van der Waals surface area contributed by atoms with E-state index in [4.69, 9.17) is 0 Å². The number of carbonyl (C=O) groups excluding carboxylic acids is 1. The average Bonchev–Trinajstić information content (AvgIpc) is 3.13. The van der Waals surface area contributed by atoms with Crippen molar-refractivity contribution in [2.75, 3.05) is 5.32 Å². The van der Waals surface area contributed by atoms with Crippen LogP contribution in [-0.2, 0) is 11.8 Å². The van der Waals surface area contributed by atoms with Crippen molar-refractivity contribution >= 4 is 22.4 Å². The first-order chi connectivity index (χ1) is 11.5. The van der Waals surface area contributed by atoms with Crippen molar-refractivity contribution in [2.45, 2.75) is 20.3 Å². The number of anilines is 1. The number of rotatable bonds is 5. The molecule has 0 bridgehead atoms. The molecule has 1 aromatic carbocycles. The maximum Gasteiger partial charge on any atom is 0.226 e. The Hall–Kier alpha value is -2.47. The van der Waals surface area contributed by atoms with E-state index in [2.05, 4.69) is 15.3 Å². The molecule has 2 heterocycles. The van der Waals surface area contributed by atoms with Gasteiger partial charge in [0, 0.05) is 31.4 Å². The van der Waals surface area contributed by atoms with Crippen LogP contribution in [0.1, 0.15) is 20.3 Å². The molecule has 1 amide bonds. The topological polar surface area (TPSA) is 59.8 Å². The van der Waals surface area contributed by atoms with E-state index in [-0.39, 0.29) is 5.91 Å². The van der Waals surface area contributed by atoms with Crippen molar-refractivity contribution in [3.05, 3.63) is 42.7 Å². The zero-order valence-electron chi connectivity index (χ0n) is 14.0. The first-order valence-corrected chi connectivity index (χ1v) is 8.70. The fourth-order valence-electron chi connectivity index (χ4n) is 2.44. The molecule has 0 fully saturated rings. The van der Waals surface area contributed by atoms with E-state index in [1.165, 1.54) is 11.3 Å². The zero-order chi connectivity index (χ0) is 17.1. The average molecular weight is 340 g/mol. The quantitative estimate of drug-likeness (QED) is 0.757. The predicted octanol–water partition coefficient (Wildman–Crippen LogP) is 4.20. The van der Waals surface area contributed by atoms with Gasteiger partial charge in [0.1, 0.15) is 0 Å². The molecule has 0 unspecified atom stereocenters. The third-order valence-corrected chi connectivity index (χ3v) is 4.51. The second kappa shape index (κ2) is 6.97. The number of thiazole rings is 1. The Morgan fingerprint density at radius 3 is 2.67 bits per heavy atom. The number of aromatic nitrogens is 3. The first-order valence-electron chi connectivity index (χ1n) is 7.88. The van der Waals surface area contributed by atoms with Gasteiger partial charge in [0.15, 0.2) is 11.0 Å². The summed E-state index contributed by atoms with van der Waals surface area (Å²) in [6.07, 6.45) is 4.15. The van der Waals surface area contributed by atoms with Crippen LogP contribution in [0.4, 0.5) is 5.13 Å². The summed E-state index contributed by atoms with van der Waals surface area (Å²) in [7, 11) is 1.95. The summed E-state index contributed by atoms with van der Waals surface area (Å²) in [5.74, 6) is 1.15. The van der Waals surface area contributed by atoms with Crippen LogP contribution in [0.5, 0.6) is 0 Å². The van der Waals surface area contributed by atoms with Gasteiger partial charge in [0.2, 0.25) is 5.91 Å². The van der Waals surface area contributed by atoms with Crippen LogP contribution in [0.15, 0.2) is 42.7 Å². The molecule has 24 heavy (non-hydrogen) atoms. The van der Waals surface area contributed by atoms with E-state index in [0.717, 1.165) is 22.0 Å². The monoisotopic (exact) mass is 340 g/mol. The Labute approximate surface area is 145 Å². The highest BCUT2D eigenvalue weighted by molar-refractivity contribution is 7.19. The van der Waals surface area contributed by atoms with Gasteiger partial charge in [-0.3, -0.25) is 4.79 Å². The highest BCUT2D eigenvalue weighted by atomic mass is 32.1. The van der Waals surface area contributed by atoms with Gasteiger partial charge in [-0.15, -0.1) is 0 Å². The second-order valence-corrected chi connectivity index (χ2v) is 7.07. The number of amides is 1. The smallest absolute Gasteiger partial charge is 0.226 e. The summed E-state index contributed by atoms with van der Waals surface area (Å²) < 4.78 is 1.96. The van der Waals surface area contributed by atoms with Crippen LogP contribution < -0.4 is 5.32 Å². The fourth-order valence-corrected chi connectivity index (χ4v) is 3.49. The molecule has 0 saturated heterocycles. The summed E-state index contributed by atoms with van der Waals surface area (Å²) in [5, 5.41) is 3.53. The Kier molecular flexibility index (Phi) is 4.76. The van der Waals surface area contributed by atoms with Gasteiger partial charge in [-0.25, -0.2) is 9.97 Å². The van der Waals surface area contributed by atoms with Crippen molar-refractivity contribution in [2.24, 2.45) is 13.0 Å². The number of benzene rings is 1. The van der Waals surface area contributed by atoms with Crippen LogP contribution in [0.25, 0.3) is 22.0 Å². The van der Waals surface area contributed by atoms with Crippen LogP contribution in [0, 0.1) is 5.92 Å². The minimum absolute atomic E-state index is 0.00949. The van der Waals surface area contributed by atoms with Crippen LogP contribution >= 0.6 is 11.3 Å². The number of nitrogens with zero attached hydrogens (tertiary/aromatic N) is 3. The highest BCUT2D eigenvalue weighted by Gasteiger charge is 2.19. The number of imidazole rings is 1. The molecular formula is C18H20N4OS. The summed E-state index contributed by atoms with van der Waals surface area (Å²) in [4.78, 5) is 22.1. The summed E-state index contributed by atoms with van der Waals surface area (Å²) >= 11 is 1.46. The molecule has 124 valence electrons. The number of nitrogens with one attached hydrogen (secondary N) is 1. The maximum atomic E-state index is 12.1. The number of hydrogen-bond donors (Lipinski definition) is 1. The molecule has 2 aromatic heterocycles. The lowest BCUT2D eigenvalue weighted by atomic mass is 10.1. The Balaban J connectivity index is 2.00. The predicted molar refractivity (Wildman–Crippen MR) is 97.8 cm³/mol. The summed E-state index contributed by atoms with van der Waals surface area (Å²) in [5.41, 5.74) is 1.85. The Morgan fingerprint density at radius 2 is 2.04 bits per heavy atom. The molecular weight excluding hydrogens is 320 g/mol. The number of aryl methyl sites for hydroxylation is 1. The molecule has 1 N–H and O–H groups in total. The van der Waals surface area contributed by atoms with Gasteiger partial charge in [0.25, 0.3) is 0 Å². The Morgan fingerprint density at radius 1 is 1.29 bits per heavy atom. The van der Waals surface area contributed by atoms with Crippen molar-refractivity contribution in [3.63, 3.8) is 0 Å². The summed E-state index contributed by atoms with van der Waals surface area (Å²) in [6, 6.07) is 9.96.